The summed E-state index contributed by atoms with van der Waals surface area (Å²) in [5.41, 5.74) is -0.979. The fourth-order valence-corrected chi connectivity index (χ4v) is 6.52. The molecule has 10 heteroatoms. The maximum atomic E-state index is 13.0. The second-order valence-corrected chi connectivity index (χ2v) is 10.4. The predicted octanol–water partition coefficient (Wildman–Crippen LogP) is 2.36. The van der Waals surface area contributed by atoms with Gasteiger partial charge in [-0.3, -0.25) is 4.79 Å². The molecule has 6 nitrogen and oxygen atoms in total. The molecule has 0 aromatic heterocycles. The first-order valence-corrected chi connectivity index (χ1v) is 11.8. The fourth-order valence-electron chi connectivity index (χ4n) is 4.94. The number of fused-ring (bicyclic) bond motifs is 1. The van der Waals surface area contributed by atoms with Crippen LogP contribution in [0.25, 0.3) is 0 Å². The van der Waals surface area contributed by atoms with Crippen molar-refractivity contribution in [1.29, 1.82) is 0 Å². The van der Waals surface area contributed by atoms with Gasteiger partial charge in [-0.25, -0.2) is 8.42 Å². The van der Waals surface area contributed by atoms with Gasteiger partial charge in [0, 0.05) is 19.1 Å². The van der Waals surface area contributed by atoms with E-state index in [1.165, 1.54) is 10.4 Å². The topological polar surface area (TPSA) is 78.5 Å². The van der Waals surface area contributed by atoms with Crippen molar-refractivity contribution in [2.24, 2.45) is 11.8 Å². The van der Waals surface area contributed by atoms with Crippen LogP contribution >= 0.6 is 0 Å². The number of hydrogen-bond donors (Lipinski definition) is 2. The van der Waals surface area contributed by atoms with Crippen molar-refractivity contribution in [2.75, 3.05) is 19.6 Å². The van der Waals surface area contributed by atoms with Crippen LogP contribution in [0.2, 0.25) is 0 Å². The third-order valence-electron chi connectivity index (χ3n) is 6.58. The lowest BCUT2D eigenvalue weighted by Crippen LogP contribution is -2.51. The minimum Gasteiger partial charge on any atom is -0.352 e. The molecule has 4 atom stereocenters. The van der Waals surface area contributed by atoms with Crippen LogP contribution in [0.15, 0.2) is 29.2 Å². The molecule has 0 radical (unpaired) electrons. The third-order valence-corrected chi connectivity index (χ3v) is 8.40. The number of alkyl halides is 3. The molecule has 2 aliphatic heterocycles. The summed E-state index contributed by atoms with van der Waals surface area (Å²) in [6.07, 6.45) is -0.156. The van der Waals surface area contributed by atoms with E-state index in [-0.39, 0.29) is 47.8 Å². The van der Waals surface area contributed by atoms with Crippen molar-refractivity contribution in [3.8, 4) is 0 Å². The van der Waals surface area contributed by atoms with Crippen molar-refractivity contribution >= 4 is 15.9 Å². The Bertz CT molecular complexity index is 900. The third kappa shape index (κ3) is 4.22. The van der Waals surface area contributed by atoms with Crippen molar-refractivity contribution in [1.82, 2.24) is 14.9 Å². The maximum Gasteiger partial charge on any atom is 0.416 e. The Balaban J connectivity index is 1.45. The highest BCUT2D eigenvalue weighted by atomic mass is 32.2. The lowest BCUT2D eigenvalue weighted by Gasteiger charge is -2.27. The lowest BCUT2D eigenvalue weighted by atomic mass is 9.97. The van der Waals surface area contributed by atoms with Gasteiger partial charge in [-0.2, -0.15) is 17.5 Å². The van der Waals surface area contributed by atoms with E-state index in [4.69, 9.17) is 0 Å². The van der Waals surface area contributed by atoms with E-state index >= 15 is 0 Å². The molecule has 4 rings (SSSR count). The van der Waals surface area contributed by atoms with Gasteiger partial charge >= 0.3 is 6.18 Å². The number of sulfonamides is 1. The van der Waals surface area contributed by atoms with E-state index in [1.807, 2.05) is 0 Å². The van der Waals surface area contributed by atoms with E-state index in [9.17, 15) is 26.4 Å². The molecule has 1 aliphatic carbocycles. The maximum absolute atomic E-state index is 13.0. The first-order chi connectivity index (χ1) is 14.2. The van der Waals surface area contributed by atoms with Gasteiger partial charge in [-0.1, -0.05) is 12.5 Å². The number of amides is 1. The molecule has 0 bridgehead atoms. The Hall–Kier alpha value is -1.65. The largest absolute Gasteiger partial charge is 0.416 e. The van der Waals surface area contributed by atoms with Gasteiger partial charge in [0.05, 0.1) is 16.5 Å². The minimum atomic E-state index is -4.60. The zero-order chi connectivity index (χ0) is 21.5. The molecule has 2 N–H and O–H groups in total. The van der Waals surface area contributed by atoms with Crippen LogP contribution in [0.1, 0.15) is 37.7 Å². The number of carbonyl (C=O) groups is 1. The van der Waals surface area contributed by atoms with E-state index in [2.05, 4.69) is 10.6 Å². The molecule has 2 heterocycles. The molecule has 1 unspecified atom stereocenters. The average molecular weight is 446 g/mol. The number of piperidine rings is 1. The summed E-state index contributed by atoms with van der Waals surface area (Å²) in [6, 6.07) is 3.57. The van der Waals surface area contributed by atoms with Gasteiger partial charge in [0.15, 0.2) is 0 Å². The standard InChI is InChI=1S/C20H26F3N3O3S/c21-20(22,23)14-4-3-5-15(10-14)30(28,29)26-11-13-7-8-17(16(13)12-26)25-19(27)18-6-1-2-9-24-18/h3-5,10,13,16-18,24H,1-2,6-9,11-12H2,(H,25,27)/t13-,16+,17+,18?/m0/s1. The van der Waals surface area contributed by atoms with Crippen molar-refractivity contribution < 1.29 is 26.4 Å². The first kappa shape index (κ1) is 21.6. The number of nitrogens with one attached hydrogen (secondary N) is 2. The molecule has 1 saturated carbocycles. The Kier molecular flexibility index (Phi) is 5.84. The molecule has 1 aromatic carbocycles. The smallest absolute Gasteiger partial charge is 0.352 e. The normalized spacial score (nSPS) is 30.2. The number of nitrogens with zero attached hydrogens (tertiary/aromatic N) is 1. The van der Waals surface area contributed by atoms with E-state index in [0.29, 0.717) is 6.07 Å². The zero-order valence-corrected chi connectivity index (χ0v) is 17.3. The van der Waals surface area contributed by atoms with Gasteiger partial charge in [-0.05, 0) is 62.3 Å². The van der Waals surface area contributed by atoms with Crippen molar-refractivity contribution in [3.63, 3.8) is 0 Å². The lowest BCUT2D eigenvalue weighted by molar-refractivity contribution is -0.137. The Morgan fingerprint density at radius 3 is 2.63 bits per heavy atom. The Labute approximate surface area is 174 Å². The van der Waals surface area contributed by atoms with E-state index in [1.54, 1.807) is 0 Å². The van der Waals surface area contributed by atoms with Crippen LogP contribution in [0.3, 0.4) is 0 Å². The summed E-state index contributed by atoms with van der Waals surface area (Å²) in [5, 5.41) is 6.30. The zero-order valence-electron chi connectivity index (χ0n) is 16.5. The summed E-state index contributed by atoms with van der Waals surface area (Å²) in [6.45, 7) is 1.31. The summed E-state index contributed by atoms with van der Waals surface area (Å²) >= 11 is 0. The van der Waals surface area contributed by atoms with Crippen LogP contribution in [-0.4, -0.2) is 50.3 Å². The predicted molar refractivity (Wildman–Crippen MR) is 104 cm³/mol. The molecular formula is C20H26F3N3O3S. The van der Waals surface area contributed by atoms with Crippen LogP contribution in [-0.2, 0) is 21.0 Å². The molecule has 30 heavy (non-hydrogen) atoms. The summed E-state index contributed by atoms with van der Waals surface area (Å²) in [4.78, 5) is 12.2. The minimum absolute atomic E-state index is 0.0156. The van der Waals surface area contributed by atoms with Crippen LogP contribution in [0.4, 0.5) is 13.2 Å². The Morgan fingerprint density at radius 2 is 1.93 bits per heavy atom. The van der Waals surface area contributed by atoms with E-state index < -0.39 is 21.8 Å². The number of benzene rings is 1. The SMILES string of the molecule is O=C(N[C@@H]1CC[C@H]2CN(S(=O)(=O)c3cccc(C(F)(F)F)c3)C[C@H]21)C1CCCCN1. The number of halogens is 3. The molecule has 3 aliphatic rings. The summed E-state index contributed by atoms with van der Waals surface area (Å²) in [7, 11) is -4.03. The highest BCUT2D eigenvalue weighted by molar-refractivity contribution is 7.89. The highest BCUT2D eigenvalue weighted by Crippen LogP contribution is 2.40. The van der Waals surface area contributed by atoms with Crippen molar-refractivity contribution in [2.45, 2.75) is 55.3 Å². The second-order valence-electron chi connectivity index (χ2n) is 8.47. The molecule has 0 spiro atoms. The quantitative estimate of drug-likeness (QED) is 0.746. The van der Waals surface area contributed by atoms with Crippen LogP contribution in [0, 0.1) is 11.8 Å². The molecule has 3 fully saturated rings. The molecular weight excluding hydrogens is 419 g/mol. The summed E-state index contributed by atoms with van der Waals surface area (Å²) in [5.74, 6) is 0.0489. The van der Waals surface area contributed by atoms with Crippen LogP contribution in [0.5, 0.6) is 0 Å². The monoisotopic (exact) mass is 445 g/mol. The summed E-state index contributed by atoms with van der Waals surface area (Å²) < 4.78 is 66.2. The van der Waals surface area contributed by atoms with Gasteiger partial charge in [-0.15, -0.1) is 0 Å². The number of carbonyl (C=O) groups excluding carboxylic acids is 1. The van der Waals surface area contributed by atoms with Gasteiger partial charge in [0.25, 0.3) is 0 Å². The number of rotatable bonds is 4. The van der Waals surface area contributed by atoms with Gasteiger partial charge < -0.3 is 10.6 Å². The van der Waals surface area contributed by atoms with Crippen molar-refractivity contribution in [3.05, 3.63) is 29.8 Å². The van der Waals surface area contributed by atoms with Gasteiger partial charge in [0.2, 0.25) is 15.9 Å². The Morgan fingerprint density at radius 1 is 1.13 bits per heavy atom. The second kappa shape index (κ2) is 8.12. The molecule has 1 amide bonds. The van der Waals surface area contributed by atoms with Gasteiger partial charge in [0.1, 0.15) is 0 Å². The van der Waals surface area contributed by atoms with Crippen LogP contribution < -0.4 is 10.6 Å². The van der Waals surface area contributed by atoms with E-state index in [0.717, 1.165) is 50.8 Å². The molecule has 166 valence electrons. The highest BCUT2D eigenvalue weighted by Gasteiger charge is 2.47. The fraction of sp³-hybridized carbons (Fsp3) is 0.650. The first-order valence-electron chi connectivity index (χ1n) is 10.4. The average Bonchev–Trinajstić information content (AvgIpc) is 3.30. The number of hydrogen-bond acceptors (Lipinski definition) is 4. The molecule has 2 saturated heterocycles. The molecule has 1 aromatic rings.